The van der Waals surface area contributed by atoms with E-state index >= 15 is 0 Å². The first-order valence-corrected chi connectivity index (χ1v) is 8.60. The highest BCUT2D eigenvalue weighted by Gasteiger charge is 2.18. The zero-order valence-corrected chi connectivity index (χ0v) is 15.8. The van der Waals surface area contributed by atoms with Gasteiger partial charge in [0.1, 0.15) is 13.1 Å². The fourth-order valence-corrected chi connectivity index (χ4v) is 2.85. The maximum Gasteiger partial charge on any atom is 0.141 e. The minimum Gasteiger partial charge on any atom is -0.314 e. The van der Waals surface area contributed by atoms with Crippen LogP contribution in [0.3, 0.4) is 0 Å². The molecule has 1 nitrogen and oxygen atoms in total. The number of quaternary nitrogens is 1. The van der Waals surface area contributed by atoms with Gasteiger partial charge in [-0.25, -0.2) is 0 Å². The molecule has 0 unspecified atom stereocenters. The van der Waals surface area contributed by atoms with Crippen LogP contribution < -0.4 is 0 Å². The van der Waals surface area contributed by atoms with Crippen molar-refractivity contribution in [2.75, 3.05) is 27.2 Å². The Morgan fingerprint density at radius 2 is 1.58 bits per heavy atom. The molecular weight excluding hydrogens is 337 g/mol. The number of likely N-dealkylation sites (N-methyl/N-ethyl adjacent to an activating group) is 1. The molecule has 0 saturated heterocycles. The number of benzene rings is 2. The van der Waals surface area contributed by atoms with Gasteiger partial charge in [-0.3, -0.25) is 0 Å². The third kappa shape index (κ3) is 5.73. The molecule has 0 saturated carbocycles. The van der Waals surface area contributed by atoms with Crippen LogP contribution in [0.15, 0.2) is 59.6 Å². The lowest BCUT2D eigenvalue weighted by Gasteiger charge is -2.27. The zero-order valence-electron chi connectivity index (χ0n) is 14.3. The van der Waals surface area contributed by atoms with Gasteiger partial charge in [0.05, 0.1) is 24.2 Å². The maximum absolute atomic E-state index is 6.47. The first kappa shape index (κ1) is 18.6. The van der Waals surface area contributed by atoms with Gasteiger partial charge < -0.3 is 4.48 Å². The van der Waals surface area contributed by atoms with Crippen LogP contribution in [0.2, 0.25) is 0 Å². The summed E-state index contributed by atoms with van der Waals surface area (Å²) in [4.78, 5) is 0. The molecule has 24 heavy (non-hydrogen) atoms. The summed E-state index contributed by atoms with van der Waals surface area (Å²) in [5, 5.41) is 1.27. The van der Waals surface area contributed by atoms with Gasteiger partial charge in [0.2, 0.25) is 0 Å². The van der Waals surface area contributed by atoms with Crippen molar-refractivity contribution in [3.05, 3.63) is 76.3 Å². The van der Waals surface area contributed by atoms with Gasteiger partial charge in [-0.2, -0.15) is 0 Å². The van der Waals surface area contributed by atoms with E-state index in [0.29, 0.717) is 27.6 Å². The molecular formula is C21H22Cl2N+. The molecule has 0 bridgehead atoms. The van der Waals surface area contributed by atoms with E-state index in [1.165, 1.54) is 5.56 Å². The van der Waals surface area contributed by atoms with Crippen molar-refractivity contribution in [1.29, 1.82) is 0 Å². The lowest BCUT2D eigenvalue weighted by atomic mass is 10.1. The van der Waals surface area contributed by atoms with Crippen LogP contribution in [-0.4, -0.2) is 31.7 Å². The Morgan fingerprint density at radius 3 is 2.21 bits per heavy atom. The highest BCUT2D eigenvalue weighted by molar-refractivity contribution is 6.54. The average molecular weight is 359 g/mol. The van der Waals surface area contributed by atoms with E-state index in [1.54, 1.807) is 0 Å². The van der Waals surface area contributed by atoms with Crippen molar-refractivity contribution >= 4 is 28.2 Å². The van der Waals surface area contributed by atoms with Gasteiger partial charge in [0.25, 0.3) is 0 Å². The monoisotopic (exact) mass is 358 g/mol. The van der Waals surface area contributed by atoms with E-state index < -0.39 is 0 Å². The van der Waals surface area contributed by atoms with Gasteiger partial charge >= 0.3 is 0 Å². The second-order valence-electron chi connectivity index (χ2n) is 6.50. The Bertz CT molecular complexity index is 763. The topological polar surface area (TPSA) is 0 Å². The molecule has 0 aliphatic rings. The first-order chi connectivity index (χ1) is 11.4. The number of halogens is 2. The second kappa shape index (κ2) is 8.40. The van der Waals surface area contributed by atoms with Gasteiger partial charge in [0, 0.05) is 5.56 Å². The summed E-state index contributed by atoms with van der Waals surface area (Å²) < 4.78 is 0.654. The Labute approximate surface area is 155 Å². The van der Waals surface area contributed by atoms with E-state index in [0.717, 1.165) is 11.1 Å². The molecule has 2 aromatic rings. The standard InChI is InChI=1S/C21H22Cl2N/c1-17-11-13-19(14-12-17)21(23)20(22)16-24(2,3)15-7-10-18-8-5-4-6-9-18/h4-6,8-9,11-14H,15-16H2,1-3H3/q+1/b21-20+. The Balaban J connectivity index is 2.06. The molecule has 2 rings (SSSR count). The van der Waals surface area contributed by atoms with Crippen molar-refractivity contribution in [1.82, 2.24) is 0 Å². The van der Waals surface area contributed by atoms with Crippen LogP contribution in [0.1, 0.15) is 16.7 Å². The van der Waals surface area contributed by atoms with Crippen LogP contribution in [0.4, 0.5) is 0 Å². The molecule has 124 valence electrons. The lowest BCUT2D eigenvalue weighted by Crippen LogP contribution is -2.41. The Hall–Kier alpha value is -1.72. The number of nitrogens with zero attached hydrogens (tertiary/aromatic N) is 1. The molecule has 0 aliphatic carbocycles. The molecule has 0 N–H and O–H groups in total. The summed E-state index contributed by atoms with van der Waals surface area (Å²) in [5.74, 6) is 6.41. The highest BCUT2D eigenvalue weighted by atomic mass is 35.5. The van der Waals surface area contributed by atoms with Crippen LogP contribution in [0, 0.1) is 18.8 Å². The predicted molar refractivity (Wildman–Crippen MR) is 105 cm³/mol. The van der Waals surface area contributed by atoms with E-state index in [9.17, 15) is 0 Å². The molecule has 0 radical (unpaired) electrons. The SMILES string of the molecule is Cc1ccc(/C(Cl)=C(\Cl)C[N+](C)(C)CC#Cc2ccccc2)cc1. The molecule has 0 fully saturated rings. The van der Waals surface area contributed by atoms with Gasteiger partial charge in [-0.1, -0.05) is 77.2 Å². The van der Waals surface area contributed by atoms with Crippen LogP contribution in [0.5, 0.6) is 0 Å². The van der Waals surface area contributed by atoms with E-state index in [-0.39, 0.29) is 0 Å². The van der Waals surface area contributed by atoms with E-state index in [4.69, 9.17) is 23.2 Å². The quantitative estimate of drug-likeness (QED) is 0.515. The van der Waals surface area contributed by atoms with Crippen molar-refractivity contribution in [2.24, 2.45) is 0 Å². The predicted octanol–water partition coefficient (Wildman–Crippen LogP) is 5.27. The van der Waals surface area contributed by atoms with E-state index in [1.807, 2.05) is 54.6 Å². The van der Waals surface area contributed by atoms with Gasteiger partial charge in [0.15, 0.2) is 0 Å². The number of hydrogen-bond donors (Lipinski definition) is 0. The largest absolute Gasteiger partial charge is 0.314 e. The van der Waals surface area contributed by atoms with Crippen molar-refractivity contribution in [3.63, 3.8) is 0 Å². The lowest BCUT2D eigenvalue weighted by molar-refractivity contribution is -0.877. The van der Waals surface area contributed by atoms with Crippen LogP contribution in [-0.2, 0) is 0 Å². The summed E-state index contributed by atoms with van der Waals surface area (Å²) in [5.41, 5.74) is 3.17. The van der Waals surface area contributed by atoms with Crippen molar-refractivity contribution in [2.45, 2.75) is 6.92 Å². The molecule has 0 aliphatic heterocycles. The Kier molecular flexibility index (Phi) is 6.52. The minimum absolute atomic E-state index is 0.610. The maximum atomic E-state index is 6.47. The average Bonchev–Trinajstić information content (AvgIpc) is 2.55. The number of hydrogen-bond acceptors (Lipinski definition) is 0. The third-order valence-electron chi connectivity index (χ3n) is 3.62. The van der Waals surface area contributed by atoms with E-state index in [2.05, 4.69) is 32.9 Å². The van der Waals surface area contributed by atoms with Crippen LogP contribution >= 0.6 is 23.2 Å². The molecule has 0 amide bonds. The summed E-state index contributed by atoms with van der Waals surface area (Å²) in [6.07, 6.45) is 0. The van der Waals surface area contributed by atoms with Crippen molar-refractivity contribution < 1.29 is 4.48 Å². The van der Waals surface area contributed by atoms with Gasteiger partial charge in [-0.15, -0.1) is 0 Å². The number of aryl methyl sites for hydroxylation is 1. The fraction of sp³-hybridized carbons (Fsp3) is 0.238. The van der Waals surface area contributed by atoms with Crippen molar-refractivity contribution in [3.8, 4) is 11.8 Å². The van der Waals surface area contributed by atoms with Crippen LogP contribution in [0.25, 0.3) is 5.03 Å². The summed E-state index contributed by atoms with van der Waals surface area (Å²) >= 11 is 12.9. The molecule has 0 spiro atoms. The zero-order chi connectivity index (χ0) is 17.6. The first-order valence-electron chi connectivity index (χ1n) is 7.84. The summed E-state index contributed by atoms with van der Waals surface area (Å²) in [6, 6.07) is 18.0. The molecule has 3 heteroatoms. The Morgan fingerprint density at radius 1 is 0.958 bits per heavy atom. The second-order valence-corrected chi connectivity index (χ2v) is 7.34. The number of rotatable bonds is 4. The molecule has 0 aromatic heterocycles. The summed E-state index contributed by atoms with van der Waals surface area (Å²) in [6.45, 7) is 3.38. The third-order valence-corrected chi connectivity index (χ3v) is 4.48. The summed E-state index contributed by atoms with van der Waals surface area (Å²) in [7, 11) is 4.20. The normalized spacial score (nSPS) is 12.2. The smallest absolute Gasteiger partial charge is 0.141 e. The molecule has 0 heterocycles. The molecule has 0 atom stereocenters. The van der Waals surface area contributed by atoms with Gasteiger partial charge in [-0.05, 0) is 30.5 Å². The molecule has 2 aromatic carbocycles. The fourth-order valence-electron chi connectivity index (χ4n) is 2.23. The minimum atomic E-state index is 0.610. The highest BCUT2D eigenvalue weighted by Crippen LogP contribution is 2.27.